The summed E-state index contributed by atoms with van der Waals surface area (Å²) in [6.07, 6.45) is 1.87. The van der Waals surface area contributed by atoms with Crippen LogP contribution in [0.1, 0.15) is 32.5 Å². The van der Waals surface area contributed by atoms with Crippen molar-refractivity contribution in [2.24, 2.45) is 5.41 Å². The van der Waals surface area contributed by atoms with Crippen LogP contribution in [0, 0.1) is 5.41 Å². The van der Waals surface area contributed by atoms with Crippen LogP contribution < -0.4 is 5.32 Å². The summed E-state index contributed by atoms with van der Waals surface area (Å²) >= 11 is 0. The Hall–Kier alpha value is -0.830. The fourth-order valence-corrected chi connectivity index (χ4v) is 1.75. The lowest BCUT2D eigenvalue weighted by atomic mass is 9.85. The average Bonchev–Trinajstić information content (AvgIpc) is 2.37. The van der Waals surface area contributed by atoms with E-state index in [1.165, 1.54) is 5.69 Å². The second-order valence-electron chi connectivity index (χ2n) is 4.42. The van der Waals surface area contributed by atoms with Crippen LogP contribution >= 0.6 is 0 Å². The fraction of sp³-hybridized carbons (Fsp3) is 0.667. The molecule has 12 heavy (non-hydrogen) atoms. The second kappa shape index (κ2) is 2.33. The van der Waals surface area contributed by atoms with E-state index in [-0.39, 0.29) is 5.41 Å². The number of nitrogens with one attached hydrogen (secondary N) is 1. The van der Waals surface area contributed by atoms with E-state index in [9.17, 15) is 0 Å². The summed E-state index contributed by atoms with van der Waals surface area (Å²) in [6, 6.07) is 2.54. The van der Waals surface area contributed by atoms with E-state index in [2.05, 4.69) is 37.3 Å². The van der Waals surface area contributed by atoms with Crippen molar-refractivity contribution in [3.05, 3.63) is 18.0 Å². The molecule has 3 nitrogen and oxygen atoms in total. The summed E-state index contributed by atoms with van der Waals surface area (Å²) in [4.78, 5) is 0. The standard InChI is InChI=1S/C9H15N3/c1-9(2,3)8-7-4-5-11-12(7)6-10-8/h4-5,8,10H,6H2,1-3H3. The third-order valence-electron chi connectivity index (χ3n) is 2.36. The highest BCUT2D eigenvalue weighted by Crippen LogP contribution is 2.34. The van der Waals surface area contributed by atoms with E-state index in [4.69, 9.17) is 0 Å². The van der Waals surface area contributed by atoms with Gasteiger partial charge >= 0.3 is 0 Å². The Morgan fingerprint density at radius 1 is 1.58 bits per heavy atom. The predicted octanol–water partition coefficient (Wildman–Crippen LogP) is 1.53. The number of hydrogen-bond acceptors (Lipinski definition) is 2. The molecule has 2 heterocycles. The van der Waals surface area contributed by atoms with Crippen molar-refractivity contribution in [3.8, 4) is 0 Å². The highest BCUT2D eigenvalue weighted by atomic mass is 15.4. The summed E-state index contributed by atoms with van der Waals surface area (Å²) in [7, 11) is 0. The van der Waals surface area contributed by atoms with Crippen LogP contribution in [-0.2, 0) is 6.67 Å². The normalized spacial score (nSPS) is 22.8. The molecule has 0 spiro atoms. The van der Waals surface area contributed by atoms with Gasteiger partial charge in [0.2, 0.25) is 0 Å². The van der Waals surface area contributed by atoms with Crippen LogP contribution in [-0.4, -0.2) is 9.78 Å². The Labute approximate surface area is 72.8 Å². The maximum absolute atomic E-state index is 4.21. The van der Waals surface area contributed by atoms with Crippen molar-refractivity contribution in [2.75, 3.05) is 0 Å². The first kappa shape index (κ1) is 7.80. The van der Waals surface area contributed by atoms with Gasteiger partial charge in [0.1, 0.15) is 0 Å². The molecule has 66 valence electrons. The Bertz CT molecular complexity index is 282. The van der Waals surface area contributed by atoms with Gasteiger partial charge in [-0.3, -0.25) is 10.00 Å². The molecule has 1 N–H and O–H groups in total. The maximum Gasteiger partial charge on any atom is 0.0913 e. The van der Waals surface area contributed by atoms with E-state index in [1.807, 2.05) is 10.9 Å². The largest absolute Gasteiger partial charge is 0.289 e. The van der Waals surface area contributed by atoms with E-state index in [0.717, 1.165) is 6.67 Å². The minimum absolute atomic E-state index is 0.272. The molecule has 1 atom stereocenters. The van der Waals surface area contributed by atoms with Gasteiger partial charge in [-0.25, -0.2) is 0 Å². The highest BCUT2D eigenvalue weighted by molar-refractivity contribution is 5.13. The topological polar surface area (TPSA) is 29.9 Å². The monoisotopic (exact) mass is 165 g/mol. The van der Waals surface area contributed by atoms with Crippen LogP contribution in [0.2, 0.25) is 0 Å². The number of nitrogens with zero attached hydrogens (tertiary/aromatic N) is 2. The van der Waals surface area contributed by atoms with Gasteiger partial charge in [0.15, 0.2) is 0 Å². The fourth-order valence-electron chi connectivity index (χ4n) is 1.75. The van der Waals surface area contributed by atoms with Gasteiger partial charge < -0.3 is 0 Å². The molecule has 0 saturated carbocycles. The molecule has 2 rings (SSSR count). The number of rotatable bonds is 0. The molecule has 1 aliphatic heterocycles. The predicted molar refractivity (Wildman–Crippen MR) is 47.6 cm³/mol. The van der Waals surface area contributed by atoms with Gasteiger partial charge in [0, 0.05) is 6.20 Å². The SMILES string of the molecule is CC(C)(C)C1NCn2nccc21. The minimum atomic E-state index is 0.272. The van der Waals surface area contributed by atoms with E-state index < -0.39 is 0 Å². The van der Waals surface area contributed by atoms with Gasteiger partial charge in [-0.2, -0.15) is 5.10 Å². The van der Waals surface area contributed by atoms with Gasteiger partial charge in [-0.15, -0.1) is 0 Å². The van der Waals surface area contributed by atoms with Gasteiger partial charge in [-0.1, -0.05) is 20.8 Å². The number of hydrogen-bond donors (Lipinski definition) is 1. The Morgan fingerprint density at radius 3 is 3.00 bits per heavy atom. The molecule has 3 heteroatoms. The van der Waals surface area contributed by atoms with Gasteiger partial charge in [-0.05, 0) is 11.5 Å². The summed E-state index contributed by atoms with van der Waals surface area (Å²) in [6.45, 7) is 7.58. The Kier molecular flexibility index (Phi) is 1.51. The third-order valence-corrected chi connectivity index (χ3v) is 2.36. The molecule has 1 unspecified atom stereocenters. The molecule has 0 fully saturated rings. The molecule has 0 radical (unpaired) electrons. The number of aromatic nitrogens is 2. The van der Waals surface area contributed by atoms with E-state index in [0.29, 0.717) is 6.04 Å². The zero-order valence-corrected chi connectivity index (χ0v) is 7.83. The molecule has 0 aliphatic carbocycles. The lowest BCUT2D eigenvalue weighted by Crippen LogP contribution is -2.26. The zero-order valence-electron chi connectivity index (χ0n) is 7.83. The second-order valence-corrected chi connectivity index (χ2v) is 4.42. The smallest absolute Gasteiger partial charge is 0.0913 e. The molecule has 1 aromatic heterocycles. The van der Waals surface area contributed by atoms with Crippen molar-refractivity contribution >= 4 is 0 Å². The van der Waals surface area contributed by atoms with Gasteiger partial charge in [0.25, 0.3) is 0 Å². The van der Waals surface area contributed by atoms with E-state index in [1.54, 1.807) is 0 Å². The van der Waals surface area contributed by atoms with Gasteiger partial charge in [0.05, 0.1) is 18.4 Å². The molecule has 1 aromatic rings. The molecular formula is C9H15N3. The summed E-state index contributed by atoms with van der Waals surface area (Å²) in [5, 5.41) is 7.66. The zero-order chi connectivity index (χ0) is 8.77. The maximum atomic E-state index is 4.21. The molecule has 0 saturated heterocycles. The van der Waals surface area contributed by atoms with Crippen molar-refractivity contribution < 1.29 is 0 Å². The molecule has 0 bridgehead atoms. The van der Waals surface area contributed by atoms with Crippen molar-refractivity contribution in [1.29, 1.82) is 0 Å². The lowest BCUT2D eigenvalue weighted by Gasteiger charge is -2.26. The summed E-state index contributed by atoms with van der Waals surface area (Å²) in [5.41, 5.74) is 1.58. The van der Waals surface area contributed by atoms with E-state index >= 15 is 0 Å². The quantitative estimate of drug-likeness (QED) is 0.632. The van der Waals surface area contributed by atoms with Crippen LogP contribution in [0.5, 0.6) is 0 Å². The summed E-state index contributed by atoms with van der Waals surface area (Å²) in [5.74, 6) is 0. The van der Waals surface area contributed by atoms with Crippen LogP contribution in [0.25, 0.3) is 0 Å². The minimum Gasteiger partial charge on any atom is -0.289 e. The Morgan fingerprint density at radius 2 is 2.33 bits per heavy atom. The molecule has 1 aliphatic rings. The number of fused-ring (bicyclic) bond motifs is 1. The first-order valence-corrected chi connectivity index (χ1v) is 4.34. The molecule has 0 amide bonds. The lowest BCUT2D eigenvalue weighted by molar-refractivity contribution is 0.287. The molecule has 0 aromatic carbocycles. The van der Waals surface area contributed by atoms with Crippen LogP contribution in [0.4, 0.5) is 0 Å². The van der Waals surface area contributed by atoms with Crippen molar-refractivity contribution in [2.45, 2.75) is 33.5 Å². The average molecular weight is 165 g/mol. The Balaban J connectivity index is 2.34. The van der Waals surface area contributed by atoms with Crippen LogP contribution in [0.3, 0.4) is 0 Å². The first-order valence-electron chi connectivity index (χ1n) is 4.34. The summed E-state index contributed by atoms with van der Waals surface area (Å²) < 4.78 is 2.02. The third kappa shape index (κ3) is 1.05. The first-order chi connectivity index (χ1) is 5.59. The van der Waals surface area contributed by atoms with Crippen molar-refractivity contribution in [1.82, 2.24) is 15.1 Å². The van der Waals surface area contributed by atoms with Crippen molar-refractivity contribution in [3.63, 3.8) is 0 Å². The van der Waals surface area contributed by atoms with Crippen LogP contribution in [0.15, 0.2) is 12.3 Å². The highest BCUT2D eigenvalue weighted by Gasteiger charge is 2.32. The molecular weight excluding hydrogens is 150 g/mol.